The first kappa shape index (κ1) is 24.6. The molecule has 1 fully saturated rings. The average molecular weight is 527 g/mol. The molecule has 0 spiro atoms. The molecular formula is C18H30IN3O5S. The second-order valence-corrected chi connectivity index (χ2v) is 9.65. The van der Waals surface area contributed by atoms with Crippen molar-refractivity contribution in [3.05, 3.63) is 17.7 Å². The van der Waals surface area contributed by atoms with Gasteiger partial charge in [-0.3, -0.25) is 4.99 Å². The molecule has 160 valence electrons. The fourth-order valence-corrected chi connectivity index (χ4v) is 4.44. The molecular weight excluding hydrogens is 497 g/mol. The van der Waals surface area contributed by atoms with Gasteiger partial charge in [0.05, 0.1) is 43.9 Å². The highest BCUT2D eigenvalue weighted by molar-refractivity contribution is 14.0. The van der Waals surface area contributed by atoms with Crippen LogP contribution in [0.15, 0.2) is 17.1 Å². The van der Waals surface area contributed by atoms with E-state index < -0.39 is 14.6 Å². The van der Waals surface area contributed by atoms with Gasteiger partial charge in [-0.2, -0.15) is 0 Å². The number of hydrogen-bond donors (Lipinski definition) is 1. The van der Waals surface area contributed by atoms with E-state index in [-0.39, 0.29) is 29.7 Å². The van der Waals surface area contributed by atoms with Crippen LogP contribution in [0.3, 0.4) is 0 Å². The van der Waals surface area contributed by atoms with Crippen molar-refractivity contribution in [2.45, 2.75) is 25.1 Å². The minimum atomic E-state index is -3.11. The molecule has 1 heterocycles. The van der Waals surface area contributed by atoms with Gasteiger partial charge in [-0.1, -0.05) is 0 Å². The van der Waals surface area contributed by atoms with Crippen molar-refractivity contribution in [3.63, 3.8) is 0 Å². The molecule has 0 bridgehead atoms. The van der Waals surface area contributed by atoms with Crippen molar-refractivity contribution < 1.29 is 22.6 Å². The number of methoxy groups -OCH3 is 3. The maximum Gasteiger partial charge on any atom is 0.193 e. The Morgan fingerprint density at radius 3 is 2.18 bits per heavy atom. The van der Waals surface area contributed by atoms with Crippen LogP contribution in [-0.4, -0.2) is 71.2 Å². The zero-order valence-electron chi connectivity index (χ0n) is 17.2. The highest BCUT2D eigenvalue weighted by Crippen LogP contribution is 2.34. The number of hydrogen-bond acceptors (Lipinski definition) is 6. The van der Waals surface area contributed by atoms with Crippen molar-refractivity contribution in [2.75, 3.05) is 47.2 Å². The molecule has 0 radical (unpaired) electrons. The minimum absolute atomic E-state index is 0. The van der Waals surface area contributed by atoms with Crippen LogP contribution in [0.5, 0.6) is 17.2 Å². The number of rotatable bonds is 5. The quantitative estimate of drug-likeness (QED) is 0.356. The predicted octanol–water partition coefficient (Wildman–Crippen LogP) is 1.91. The van der Waals surface area contributed by atoms with Gasteiger partial charge in [0.2, 0.25) is 0 Å². The Bertz CT molecular complexity index is 786. The van der Waals surface area contributed by atoms with Crippen LogP contribution in [0.2, 0.25) is 0 Å². The average Bonchev–Trinajstić information content (AvgIpc) is 2.64. The summed E-state index contributed by atoms with van der Waals surface area (Å²) in [5.74, 6) is 2.65. The largest absolute Gasteiger partial charge is 0.496 e. The molecule has 0 aromatic heterocycles. The number of nitrogens with zero attached hydrogens (tertiary/aromatic N) is 2. The zero-order valence-corrected chi connectivity index (χ0v) is 20.4. The molecule has 1 aromatic carbocycles. The molecule has 1 aromatic rings. The Labute approximate surface area is 184 Å². The van der Waals surface area contributed by atoms with Crippen LogP contribution in [0.25, 0.3) is 0 Å². The highest BCUT2D eigenvalue weighted by Gasteiger charge is 2.41. The molecule has 0 atom stereocenters. The topological polar surface area (TPSA) is 89.5 Å². The Morgan fingerprint density at radius 1 is 1.18 bits per heavy atom. The minimum Gasteiger partial charge on any atom is -0.496 e. The molecule has 0 saturated carbocycles. The van der Waals surface area contributed by atoms with Crippen molar-refractivity contribution in [1.29, 1.82) is 0 Å². The number of benzene rings is 1. The van der Waals surface area contributed by atoms with Crippen LogP contribution in [0.4, 0.5) is 0 Å². The summed E-state index contributed by atoms with van der Waals surface area (Å²) in [6, 6.07) is 3.58. The standard InChI is InChI=1S/C18H29N3O5S.HI/c1-18(2)12-21(7-8-27(18,22)23)17(19-3)20-11-14-15(25-5)9-13(24-4)10-16(14)26-6;/h9-10H,7-8,11-12H2,1-6H3,(H,19,20);1H. The number of aliphatic imine (C=N–C) groups is 1. The summed E-state index contributed by atoms with van der Waals surface area (Å²) in [7, 11) is 3.33. The highest BCUT2D eigenvalue weighted by atomic mass is 127. The van der Waals surface area contributed by atoms with Crippen LogP contribution in [-0.2, 0) is 16.4 Å². The van der Waals surface area contributed by atoms with E-state index in [4.69, 9.17) is 14.2 Å². The van der Waals surface area contributed by atoms with Gasteiger partial charge in [0.25, 0.3) is 0 Å². The number of ether oxygens (including phenoxy) is 3. The summed E-state index contributed by atoms with van der Waals surface area (Å²) in [5.41, 5.74) is 0.825. The van der Waals surface area contributed by atoms with Gasteiger partial charge in [-0.25, -0.2) is 8.42 Å². The Morgan fingerprint density at radius 2 is 1.75 bits per heavy atom. The lowest BCUT2D eigenvalue weighted by Crippen LogP contribution is -2.57. The summed E-state index contributed by atoms with van der Waals surface area (Å²) in [5, 5.41) is 3.29. The zero-order chi connectivity index (χ0) is 20.2. The smallest absolute Gasteiger partial charge is 0.193 e. The van der Waals surface area contributed by atoms with Gasteiger partial charge in [-0.05, 0) is 13.8 Å². The number of nitrogens with one attached hydrogen (secondary N) is 1. The van der Waals surface area contributed by atoms with E-state index >= 15 is 0 Å². The summed E-state index contributed by atoms with van der Waals surface area (Å²) < 4.78 is 39.9. The molecule has 0 unspecified atom stereocenters. The van der Waals surface area contributed by atoms with Crippen LogP contribution in [0, 0.1) is 0 Å². The van der Waals surface area contributed by atoms with E-state index in [0.717, 1.165) is 5.56 Å². The van der Waals surface area contributed by atoms with Crippen molar-refractivity contribution >= 4 is 39.8 Å². The fourth-order valence-electron chi connectivity index (χ4n) is 3.08. The van der Waals surface area contributed by atoms with Gasteiger partial charge < -0.3 is 24.4 Å². The maximum atomic E-state index is 12.2. The molecule has 8 nitrogen and oxygen atoms in total. The lowest BCUT2D eigenvalue weighted by Gasteiger charge is -2.39. The van der Waals surface area contributed by atoms with Crippen molar-refractivity contribution in [1.82, 2.24) is 10.2 Å². The van der Waals surface area contributed by atoms with E-state index in [1.54, 1.807) is 54.4 Å². The fraction of sp³-hybridized carbons (Fsp3) is 0.611. The first-order valence-electron chi connectivity index (χ1n) is 8.66. The SMILES string of the molecule is CN=C(NCc1c(OC)cc(OC)cc1OC)N1CCS(=O)(=O)C(C)(C)C1.I. The molecule has 0 amide bonds. The molecule has 1 saturated heterocycles. The third-order valence-electron chi connectivity index (χ3n) is 4.80. The van der Waals surface area contributed by atoms with E-state index in [1.165, 1.54) is 0 Å². The van der Waals surface area contributed by atoms with Gasteiger partial charge in [0.15, 0.2) is 15.8 Å². The van der Waals surface area contributed by atoms with Gasteiger partial charge >= 0.3 is 0 Å². The summed E-state index contributed by atoms with van der Waals surface area (Å²) in [4.78, 5) is 6.28. The second kappa shape index (κ2) is 9.86. The van der Waals surface area contributed by atoms with E-state index in [2.05, 4.69) is 10.3 Å². The first-order chi connectivity index (χ1) is 12.7. The van der Waals surface area contributed by atoms with E-state index in [0.29, 0.717) is 42.8 Å². The Hall–Kier alpha value is -1.43. The molecule has 1 N–H and O–H groups in total. The molecule has 28 heavy (non-hydrogen) atoms. The first-order valence-corrected chi connectivity index (χ1v) is 10.3. The maximum absolute atomic E-state index is 12.2. The van der Waals surface area contributed by atoms with Crippen LogP contribution in [0.1, 0.15) is 19.4 Å². The van der Waals surface area contributed by atoms with Crippen LogP contribution >= 0.6 is 24.0 Å². The second-order valence-electron chi connectivity index (χ2n) is 6.91. The van der Waals surface area contributed by atoms with Crippen LogP contribution < -0.4 is 19.5 Å². The number of halogens is 1. The Kier molecular flexibility index (Phi) is 8.66. The summed E-state index contributed by atoms with van der Waals surface area (Å²) in [6.07, 6.45) is 0. The third-order valence-corrected chi connectivity index (χ3v) is 7.33. The van der Waals surface area contributed by atoms with Gasteiger partial charge in [-0.15, -0.1) is 24.0 Å². The van der Waals surface area contributed by atoms with E-state index in [9.17, 15) is 8.42 Å². The molecule has 10 heteroatoms. The lowest BCUT2D eigenvalue weighted by atomic mass is 10.1. The lowest BCUT2D eigenvalue weighted by molar-refractivity contribution is 0.350. The number of guanidine groups is 1. The van der Waals surface area contributed by atoms with Gasteiger partial charge in [0.1, 0.15) is 17.2 Å². The number of sulfone groups is 1. The van der Waals surface area contributed by atoms with Gasteiger partial charge in [0, 0.05) is 32.3 Å². The van der Waals surface area contributed by atoms with Crippen molar-refractivity contribution in [3.8, 4) is 17.2 Å². The Balaban J connectivity index is 0.00000392. The predicted molar refractivity (Wildman–Crippen MR) is 121 cm³/mol. The summed E-state index contributed by atoms with van der Waals surface area (Å²) >= 11 is 0. The normalized spacial score (nSPS) is 18.1. The third kappa shape index (κ3) is 5.13. The molecule has 1 aliphatic heterocycles. The monoisotopic (exact) mass is 527 g/mol. The summed E-state index contributed by atoms with van der Waals surface area (Å²) in [6.45, 7) is 4.69. The van der Waals surface area contributed by atoms with E-state index in [1.807, 2.05) is 4.90 Å². The molecule has 1 aliphatic rings. The molecule has 2 rings (SSSR count). The van der Waals surface area contributed by atoms with Crippen molar-refractivity contribution in [2.24, 2.45) is 4.99 Å². The molecule has 0 aliphatic carbocycles.